The SMILES string of the molecule is CC(C)Oc1ccc(NC(=O)/C=C/c2ccc(C(C)C)cc2)cc1. The zero-order valence-electron chi connectivity index (χ0n) is 14.7. The Kier molecular flexibility index (Phi) is 6.19. The molecule has 1 N–H and O–H groups in total. The molecule has 3 heteroatoms. The van der Waals surface area contributed by atoms with E-state index in [0.29, 0.717) is 5.92 Å². The summed E-state index contributed by atoms with van der Waals surface area (Å²) in [5, 5.41) is 2.84. The van der Waals surface area contributed by atoms with Crippen LogP contribution in [0.3, 0.4) is 0 Å². The summed E-state index contributed by atoms with van der Waals surface area (Å²) in [5.74, 6) is 1.15. The summed E-state index contributed by atoms with van der Waals surface area (Å²) >= 11 is 0. The van der Waals surface area contributed by atoms with E-state index >= 15 is 0 Å². The summed E-state index contributed by atoms with van der Waals surface area (Å²) in [6.45, 7) is 8.29. The number of carbonyl (C=O) groups is 1. The van der Waals surface area contributed by atoms with E-state index in [9.17, 15) is 4.79 Å². The van der Waals surface area contributed by atoms with Crippen molar-refractivity contribution >= 4 is 17.7 Å². The summed E-state index contributed by atoms with van der Waals surface area (Å²) in [6.07, 6.45) is 3.49. The Hall–Kier alpha value is -2.55. The van der Waals surface area contributed by atoms with Gasteiger partial charge in [0.1, 0.15) is 5.75 Å². The minimum atomic E-state index is -0.152. The summed E-state index contributed by atoms with van der Waals surface area (Å²) < 4.78 is 5.58. The predicted octanol–water partition coefficient (Wildman–Crippen LogP) is 5.25. The molecular formula is C21H25NO2. The molecule has 1 amide bonds. The van der Waals surface area contributed by atoms with Gasteiger partial charge < -0.3 is 10.1 Å². The van der Waals surface area contributed by atoms with Gasteiger partial charge in [0.2, 0.25) is 5.91 Å². The number of nitrogens with one attached hydrogen (secondary N) is 1. The number of rotatable bonds is 6. The lowest BCUT2D eigenvalue weighted by Gasteiger charge is -2.10. The second-order valence-corrected chi connectivity index (χ2v) is 6.33. The van der Waals surface area contributed by atoms with Crippen LogP contribution in [-0.2, 0) is 4.79 Å². The summed E-state index contributed by atoms with van der Waals surface area (Å²) in [5.41, 5.74) is 3.05. The maximum Gasteiger partial charge on any atom is 0.248 e. The smallest absolute Gasteiger partial charge is 0.248 e. The quantitative estimate of drug-likeness (QED) is 0.737. The molecule has 126 valence electrons. The number of carbonyl (C=O) groups excluding carboxylic acids is 1. The lowest BCUT2D eigenvalue weighted by molar-refractivity contribution is -0.111. The Labute approximate surface area is 144 Å². The molecule has 0 aromatic heterocycles. The second-order valence-electron chi connectivity index (χ2n) is 6.33. The van der Waals surface area contributed by atoms with Crippen LogP contribution in [0.2, 0.25) is 0 Å². The normalized spacial score (nSPS) is 11.2. The van der Waals surface area contributed by atoms with Gasteiger partial charge in [-0.1, -0.05) is 38.1 Å². The number of hydrogen-bond acceptors (Lipinski definition) is 2. The topological polar surface area (TPSA) is 38.3 Å². The highest BCUT2D eigenvalue weighted by atomic mass is 16.5. The fourth-order valence-electron chi connectivity index (χ4n) is 2.24. The predicted molar refractivity (Wildman–Crippen MR) is 100 cm³/mol. The number of ether oxygens (including phenoxy) is 1. The maximum atomic E-state index is 12.0. The zero-order valence-corrected chi connectivity index (χ0v) is 14.7. The van der Waals surface area contributed by atoms with Crippen molar-refractivity contribution in [3.05, 3.63) is 65.7 Å². The Bertz CT molecular complexity index is 683. The molecule has 2 aromatic rings. The highest BCUT2D eigenvalue weighted by Gasteiger charge is 2.01. The van der Waals surface area contributed by atoms with E-state index in [1.165, 1.54) is 5.56 Å². The molecule has 0 saturated carbocycles. The lowest BCUT2D eigenvalue weighted by Crippen LogP contribution is -2.08. The Morgan fingerprint density at radius 2 is 1.58 bits per heavy atom. The van der Waals surface area contributed by atoms with Crippen LogP contribution in [0, 0.1) is 0 Å². The van der Waals surface area contributed by atoms with Gasteiger partial charge >= 0.3 is 0 Å². The first-order valence-corrected chi connectivity index (χ1v) is 8.30. The summed E-state index contributed by atoms with van der Waals surface area (Å²) in [4.78, 5) is 12.0. The van der Waals surface area contributed by atoms with Gasteiger partial charge in [-0.05, 0) is 61.2 Å². The second kappa shape index (κ2) is 8.34. The van der Waals surface area contributed by atoms with Crippen LogP contribution in [0.5, 0.6) is 5.75 Å². The van der Waals surface area contributed by atoms with Crippen molar-refractivity contribution in [2.45, 2.75) is 39.7 Å². The molecule has 0 fully saturated rings. The molecule has 24 heavy (non-hydrogen) atoms. The minimum Gasteiger partial charge on any atom is -0.491 e. The Morgan fingerprint density at radius 1 is 0.958 bits per heavy atom. The molecule has 0 radical (unpaired) electrons. The van der Waals surface area contributed by atoms with Crippen LogP contribution in [-0.4, -0.2) is 12.0 Å². The monoisotopic (exact) mass is 323 g/mol. The standard InChI is InChI=1S/C21H25NO2/c1-15(2)18-8-5-17(6-9-18)7-14-21(23)22-19-10-12-20(13-11-19)24-16(3)4/h5-16H,1-4H3,(H,22,23)/b14-7+. The average molecular weight is 323 g/mol. The zero-order chi connectivity index (χ0) is 17.5. The first kappa shape index (κ1) is 17.8. The molecule has 2 aromatic carbocycles. The van der Waals surface area contributed by atoms with Crippen molar-refractivity contribution in [3.8, 4) is 5.75 Å². The largest absolute Gasteiger partial charge is 0.491 e. The van der Waals surface area contributed by atoms with E-state index in [-0.39, 0.29) is 12.0 Å². The highest BCUT2D eigenvalue weighted by molar-refractivity contribution is 6.01. The highest BCUT2D eigenvalue weighted by Crippen LogP contribution is 2.17. The van der Waals surface area contributed by atoms with Crippen LogP contribution in [0.4, 0.5) is 5.69 Å². The summed E-state index contributed by atoms with van der Waals surface area (Å²) in [6, 6.07) is 15.6. The molecule has 0 atom stereocenters. The van der Waals surface area contributed by atoms with E-state index in [1.54, 1.807) is 6.08 Å². The van der Waals surface area contributed by atoms with Crippen LogP contribution >= 0.6 is 0 Å². The molecule has 0 aliphatic rings. The fraction of sp³-hybridized carbons (Fsp3) is 0.286. The van der Waals surface area contributed by atoms with Gasteiger partial charge in [0.25, 0.3) is 0 Å². The molecule has 0 saturated heterocycles. The molecule has 0 spiro atoms. The molecule has 2 rings (SSSR count). The van der Waals surface area contributed by atoms with E-state index < -0.39 is 0 Å². The van der Waals surface area contributed by atoms with Crippen LogP contribution in [0.1, 0.15) is 44.7 Å². The van der Waals surface area contributed by atoms with Crippen molar-refractivity contribution in [1.82, 2.24) is 0 Å². The number of benzene rings is 2. The first-order valence-electron chi connectivity index (χ1n) is 8.30. The van der Waals surface area contributed by atoms with Crippen LogP contribution < -0.4 is 10.1 Å². The molecule has 3 nitrogen and oxygen atoms in total. The van der Waals surface area contributed by atoms with Gasteiger partial charge in [0.15, 0.2) is 0 Å². The maximum absolute atomic E-state index is 12.0. The third kappa shape index (κ3) is 5.58. The molecule has 0 aliphatic carbocycles. The third-order valence-electron chi connectivity index (χ3n) is 3.52. The van der Waals surface area contributed by atoms with Crippen molar-refractivity contribution in [1.29, 1.82) is 0 Å². The first-order chi connectivity index (χ1) is 11.4. The van der Waals surface area contributed by atoms with Crippen LogP contribution in [0.25, 0.3) is 6.08 Å². The van der Waals surface area contributed by atoms with Gasteiger partial charge in [-0.25, -0.2) is 0 Å². The minimum absolute atomic E-state index is 0.135. The molecular weight excluding hydrogens is 298 g/mol. The van der Waals surface area contributed by atoms with E-state index in [2.05, 4.69) is 31.3 Å². The number of hydrogen-bond donors (Lipinski definition) is 1. The number of anilines is 1. The third-order valence-corrected chi connectivity index (χ3v) is 3.52. The van der Waals surface area contributed by atoms with Crippen molar-refractivity contribution in [3.63, 3.8) is 0 Å². The summed E-state index contributed by atoms with van der Waals surface area (Å²) in [7, 11) is 0. The molecule has 0 aliphatic heterocycles. The van der Waals surface area contributed by atoms with E-state index in [1.807, 2.05) is 56.3 Å². The Balaban J connectivity index is 1.92. The van der Waals surface area contributed by atoms with Gasteiger partial charge in [-0.15, -0.1) is 0 Å². The lowest BCUT2D eigenvalue weighted by atomic mass is 10.0. The number of amides is 1. The molecule has 0 unspecified atom stereocenters. The van der Waals surface area contributed by atoms with Crippen molar-refractivity contribution < 1.29 is 9.53 Å². The van der Waals surface area contributed by atoms with Gasteiger partial charge in [0.05, 0.1) is 6.10 Å². The fourth-order valence-corrected chi connectivity index (χ4v) is 2.24. The molecule has 0 bridgehead atoms. The molecule has 0 heterocycles. The Morgan fingerprint density at radius 3 is 2.12 bits per heavy atom. The van der Waals surface area contributed by atoms with Crippen LogP contribution in [0.15, 0.2) is 54.6 Å². The van der Waals surface area contributed by atoms with E-state index in [4.69, 9.17) is 4.74 Å². The average Bonchev–Trinajstić information content (AvgIpc) is 2.54. The van der Waals surface area contributed by atoms with Crippen molar-refractivity contribution in [2.75, 3.05) is 5.32 Å². The van der Waals surface area contributed by atoms with Gasteiger partial charge in [0, 0.05) is 11.8 Å². The van der Waals surface area contributed by atoms with E-state index in [0.717, 1.165) is 17.0 Å². The van der Waals surface area contributed by atoms with Crippen molar-refractivity contribution in [2.24, 2.45) is 0 Å². The van der Waals surface area contributed by atoms with Gasteiger partial charge in [-0.2, -0.15) is 0 Å². The van der Waals surface area contributed by atoms with Gasteiger partial charge in [-0.3, -0.25) is 4.79 Å².